The molecule has 0 saturated carbocycles. The lowest BCUT2D eigenvalue weighted by Gasteiger charge is -2.25. The van der Waals surface area contributed by atoms with Crippen LogP contribution in [0.25, 0.3) is 0 Å². The average molecular weight is 236 g/mol. The van der Waals surface area contributed by atoms with Crippen LogP contribution in [-0.2, 0) is 19.1 Å². The molecule has 0 heterocycles. The highest BCUT2D eigenvalue weighted by Gasteiger charge is 2.46. The average Bonchev–Trinajstić information content (AvgIpc) is 2.37. The van der Waals surface area contributed by atoms with Crippen LogP contribution in [0.4, 0.5) is 0 Å². The molecule has 0 rings (SSSR count). The molecule has 0 atom stereocenters. The van der Waals surface area contributed by atoms with Gasteiger partial charge in [-0.1, -0.05) is 13.2 Å². The van der Waals surface area contributed by atoms with Crippen molar-refractivity contribution < 1.29 is 19.1 Å². The highest BCUT2D eigenvalue weighted by molar-refractivity contribution is 6.00. The number of rotatable bonds is 6. The zero-order valence-electron chi connectivity index (χ0n) is 10.1. The molecule has 0 N–H and O–H groups in total. The first-order chi connectivity index (χ1) is 8.08. The van der Waals surface area contributed by atoms with E-state index in [4.69, 9.17) is 0 Å². The maximum atomic E-state index is 11.8. The molecule has 0 bridgehead atoms. The molecule has 0 spiro atoms. The van der Waals surface area contributed by atoms with Gasteiger partial charge in [-0.25, -0.2) is 0 Å². The first-order valence-electron chi connectivity index (χ1n) is 4.94. The Bertz CT molecular complexity index is 344. The molecule has 0 aromatic rings. The number of methoxy groups -OCH3 is 2. The topological polar surface area (TPSA) is 52.6 Å². The van der Waals surface area contributed by atoms with Crippen molar-refractivity contribution in [3.8, 4) is 0 Å². The molecule has 0 aromatic heterocycles. The van der Waals surface area contributed by atoms with E-state index >= 15 is 0 Å². The van der Waals surface area contributed by atoms with Crippen molar-refractivity contribution in [1.82, 2.24) is 0 Å². The monoisotopic (exact) mass is 236 g/mol. The normalized spacial score (nSPS) is 9.53. The number of allylic oxidation sites excluding steroid dienone is 2. The van der Waals surface area contributed by atoms with Gasteiger partial charge in [0.15, 0.2) is 5.41 Å². The first kappa shape index (κ1) is 15.0. The van der Waals surface area contributed by atoms with Crippen LogP contribution in [0.2, 0.25) is 0 Å². The molecule has 0 amide bonds. The van der Waals surface area contributed by atoms with E-state index < -0.39 is 17.4 Å². The lowest BCUT2D eigenvalue weighted by molar-refractivity contribution is -0.168. The number of esters is 2. The molecule has 17 heavy (non-hydrogen) atoms. The Hall–Kier alpha value is -2.02. The van der Waals surface area contributed by atoms with Gasteiger partial charge in [-0.3, -0.25) is 9.59 Å². The van der Waals surface area contributed by atoms with Crippen molar-refractivity contribution in [2.24, 2.45) is 5.41 Å². The summed E-state index contributed by atoms with van der Waals surface area (Å²) < 4.78 is 9.31. The Kier molecular flexibility index (Phi) is 6.42. The second-order valence-electron chi connectivity index (χ2n) is 3.29. The Morgan fingerprint density at radius 3 is 1.65 bits per heavy atom. The van der Waals surface area contributed by atoms with E-state index in [0.717, 1.165) is 0 Å². The van der Waals surface area contributed by atoms with Gasteiger partial charge in [-0.15, -0.1) is 11.5 Å². The molecular formula is C13H16O4. The van der Waals surface area contributed by atoms with Gasteiger partial charge < -0.3 is 9.47 Å². The number of hydrogen-bond acceptors (Lipinski definition) is 4. The fourth-order valence-corrected chi connectivity index (χ4v) is 1.38. The molecular weight excluding hydrogens is 220 g/mol. The maximum Gasteiger partial charge on any atom is 0.323 e. The molecule has 0 radical (unpaired) electrons. The molecule has 0 unspecified atom stereocenters. The molecule has 0 aliphatic rings. The summed E-state index contributed by atoms with van der Waals surface area (Å²) in [6, 6.07) is 0. The number of ether oxygens (including phenoxy) is 2. The van der Waals surface area contributed by atoms with Gasteiger partial charge in [-0.2, -0.15) is 0 Å². The van der Waals surface area contributed by atoms with E-state index in [0.29, 0.717) is 0 Å². The van der Waals surface area contributed by atoms with Crippen LogP contribution in [0.5, 0.6) is 0 Å². The molecule has 0 fully saturated rings. The predicted molar refractivity (Wildman–Crippen MR) is 63.1 cm³/mol. The fourth-order valence-electron chi connectivity index (χ4n) is 1.38. The van der Waals surface area contributed by atoms with Crippen LogP contribution in [0, 0.1) is 5.41 Å². The van der Waals surface area contributed by atoms with Gasteiger partial charge in [0, 0.05) is 0 Å². The molecule has 0 aromatic carbocycles. The van der Waals surface area contributed by atoms with E-state index in [1.54, 1.807) is 0 Å². The van der Waals surface area contributed by atoms with Crippen molar-refractivity contribution in [2.75, 3.05) is 14.2 Å². The zero-order chi connectivity index (χ0) is 13.3. The van der Waals surface area contributed by atoms with Crippen LogP contribution in [0.3, 0.4) is 0 Å². The van der Waals surface area contributed by atoms with E-state index in [1.165, 1.54) is 26.4 Å². The Balaban J connectivity index is 5.48. The summed E-state index contributed by atoms with van der Waals surface area (Å²) in [5, 5.41) is 0. The van der Waals surface area contributed by atoms with Gasteiger partial charge in [0.05, 0.1) is 14.2 Å². The SMILES string of the molecule is C=C=CCC(CC=C=C)(C(=O)OC)C(=O)OC. The first-order valence-corrected chi connectivity index (χ1v) is 4.94. The second kappa shape index (κ2) is 7.29. The summed E-state index contributed by atoms with van der Waals surface area (Å²) in [5.41, 5.74) is 3.62. The lowest BCUT2D eigenvalue weighted by Crippen LogP contribution is -2.40. The van der Waals surface area contributed by atoms with Crippen molar-refractivity contribution in [3.63, 3.8) is 0 Å². The Morgan fingerprint density at radius 2 is 1.41 bits per heavy atom. The van der Waals surface area contributed by atoms with Gasteiger partial charge in [0.25, 0.3) is 0 Å². The molecule has 0 aliphatic heterocycles. The minimum Gasteiger partial charge on any atom is -0.468 e. The van der Waals surface area contributed by atoms with Gasteiger partial charge >= 0.3 is 11.9 Å². The molecule has 0 saturated heterocycles. The van der Waals surface area contributed by atoms with Crippen molar-refractivity contribution in [3.05, 3.63) is 36.8 Å². The van der Waals surface area contributed by atoms with E-state index in [1.807, 2.05) is 0 Å². The smallest absolute Gasteiger partial charge is 0.323 e. The molecule has 92 valence electrons. The summed E-state index contributed by atoms with van der Waals surface area (Å²) in [6.07, 6.45) is 3.19. The van der Waals surface area contributed by atoms with Gasteiger partial charge in [0.2, 0.25) is 0 Å². The van der Waals surface area contributed by atoms with Crippen molar-refractivity contribution in [2.45, 2.75) is 12.8 Å². The summed E-state index contributed by atoms with van der Waals surface area (Å²) in [5.74, 6) is -1.33. The summed E-state index contributed by atoms with van der Waals surface area (Å²) in [7, 11) is 2.44. The van der Waals surface area contributed by atoms with E-state index in [-0.39, 0.29) is 12.8 Å². The minimum absolute atomic E-state index is 0.105. The third kappa shape index (κ3) is 3.49. The summed E-state index contributed by atoms with van der Waals surface area (Å²) in [4.78, 5) is 23.6. The quantitative estimate of drug-likeness (QED) is 0.401. The minimum atomic E-state index is -1.42. The zero-order valence-corrected chi connectivity index (χ0v) is 10.1. The van der Waals surface area contributed by atoms with Crippen molar-refractivity contribution >= 4 is 11.9 Å². The highest BCUT2D eigenvalue weighted by Crippen LogP contribution is 2.31. The van der Waals surface area contributed by atoms with E-state index in [2.05, 4.69) is 34.1 Å². The molecule has 4 heteroatoms. The van der Waals surface area contributed by atoms with Gasteiger partial charge in [-0.05, 0) is 25.0 Å². The number of carbonyl (C=O) groups excluding carboxylic acids is 2. The summed E-state index contributed by atoms with van der Waals surface area (Å²) >= 11 is 0. The maximum absolute atomic E-state index is 11.8. The van der Waals surface area contributed by atoms with Crippen LogP contribution in [-0.4, -0.2) is 26.2 Å². The number of carbonyl (C=O) groups is 2. The van der Waals surface area contributed by atoms with Crippen LogP contribution < -0.4 is 0 Å². The Labute approximate surface area is 101 Å². The standard InChI is InChI=1S/C13H16O4/c1-5-7-9-13(10-8-6-2,11(14)16-3)12(15)17-4/h7-8H,1-2,9-10H2,3-4H3. The van der Waals surface area contributed by atoms with Crippen LogP contribution in [0.1, 0.15) is 12.8 Å². The molecule has 4 nitrogen and oxygen atoms in total. The lowest BCUT2D eigenvalue weighted by atomic mass is 9.81. The Morgan fingerprint density at radius 1 is 1.06 bits per heavy atom. The van der Waals surface area contributed by atoms with Crippen LogP contribution in [0.15, 0.2) is 36.8 Å². The third-order valence-electron chi connectivity index (χ3n) is 2.34. The van der Waals surface area contributed by atoms with Crippen molar-refractivity contribution in [1.29, 1.82) is 0 Å². The second-order valence-corrected chi connectivity index (χ2v) is 3.29. The van der Waals surface area contributed by atoms with Crippen LogP contribution >= 0.6 is 0 Å². The van der Waals surface area contributed by atoms with E-state index in [9.17, 15) is 9.59 Å². The largest absolute Gasteiger partial charge is 0.468 e. The third-order valence-corrected chi connectivity index (χ3v) is 2.34. The molecule has 0 aliphatic carbocycles. The highest BCUT2D eigenvalue weighted by atomic mass is 16.5. The number of hydrogen-bond donors (Lipinski definition) is 0. The fraction of sp³-hybridized carbons (Fsp3) is 0.385. The van der Waals surface area contributed by atoms with Gasteiger partial charge in [0.1, 0.15) is 0 Å². The summed E-state index contributed by atoms with van der Waals surface area (Å²) in [6.45, 7) is 6.78. The predicted octanol–water partition coefficient (Wildman–Crippen LogP) is 1.78.